The molecule has 41 heavy (non-hydrogen) atoms. The largest absolute Gasteiger partial charge is 0.462 e. The fourth-order valence-electron chi connectivity index (χ4n) is 2.29. The van der Waals surface area contributed by atoms with Gasteiger partial charge < -0.3 is 4.74 Å². The summed E-state index contributed by atoms with van der Waals surface area (Å²) in [6.07, 6.45) is -8.13. The third-order valence-electron chi connectivity index (χ3n) is 4.81. The average Bonchev–Trinajstić information content (AvgIpc) is 2.76. The number of esters is 1. The zero-order valence-electron chi connectivity index (χ0n) is 18.4. The first-order valence-electron chi connectivity index (χ1n) is 9.10. The Hall–Kier alpha value is -2.40. The molecule has 0 fully saturated rings. The van der Waals surface area contributed by atoms with E-state index in [4.69, 9.17) is 0 Å². The molecular weight excluding hydrogens is 661 g/mol. The quantitative estimate of drug-likeness (QED) is 0.120. The van der Waals surface area contributed by atoms with Gasteiger partial charge in [-0.25, -0.2) is 4.79 Å². The van der Waals surface area contributed by atoms with E-state index in [2.05, 4.69) is 4.74 Å². The van der Waals surface area contributed by atoms with E-state index in [9.17, 15) is 106 Å². The number of alkyl halides is 23. The van der Waals surface area contributed by atoms with E-state index in [1.54, 1.807) is 6.58 Å². The first-order chi connectivity index (χ1) is 17.4. The highest BCUT2D eigenvalue weighted by Crippen LogP contribution is 2.67. The third kappa shape index (κ3) is 4.71. The minimum Gasteiger partial charge on any atom is -0.462 e. The third-order valence-corrected chi connectivity index (χ3v) is 4.81. The summed E-state index contributed by atoms with van der Waals surface area (Å²) in [6.45, 7) is 1.24. The van der Waals surface area contributed by atoms with Crippen molar-refractivity contribution in [3.8, 4) is 0 Å². The Morgan fingerprint density at radius 2 is 0.683 bits per heavy atom. The Morgan fingerprint density at radius 3 is 0.902 bits per heavy atom. The van der Waals surface area contributed by atoms with Gasteiger partial charge in [-0.15, -0.1) is 0 Å². The maximum absolute atomic E-state index is 13.7. The van der Waals surface area contributed by atoms with Crippen LogP contribution in [0, 0.1) is 0 Å². The molecule has 0 heterocycles. The van der Waals surface area contributed by atoms with Crippen LogP contribution >= 0.6 is 0 Å². The SMILES string of the molecule is C=C(C(=O)OCC)C(F)(F)C(F)(F)C(F)(F)C(F)(F)C(F)(F)C(F)(F)C(F)(F)C(F)(F)C(F)(F)C(F)(F)C(F)(F)F. The summed E-state index contributed by atoms with van der Waals surface area (Å²) in [4.78, 5) is 11.0. The van der Waals surface area contributed by atoms with Gasteiger partial charge in [0.2, 0.25) is 0 Å². The van der Waals surface area contributed by atoms with Gasteiger partial charge in [0.25, 0.3) is 0 Å². The number of hydrogen-bond acceptors (Lipinski definition) is 2. The van der Waals surface area contributed by atoms with Crippen LogP contribution in [0.25, 0.3) is 0 Å². The molecule has 0 spiro atoms. The van der Waals surface area contributed by atoms with Crippen LogP contribution < -0.4 is 0 Å². The standard InChI is InChI=1S/C16H7F23O2/c1-3-41-5(40)4(2)6(17,18)7(19,20)8(21,22)9(23,24)10(25,26)11(27,28)12(29,30)13(31,32)14(33,34)15(35,36)16(37,38)39/h2-3H2,1H3. The fourth-order valence-corrected chi connectivity index (χ4v) is 2.29. The van der Waals surface area contributed by atoms with Crippen LogP contribution in [0.1, 0.15) is 6.92 Å². The molecule has 25 heteroatoms. The molecule has 0 aromatic rings. The summed E-state index contributed by atoms with van der Waals surface area (Å²) >= 11 is 0. The Labute approximate surface area is 209 Å². The summed E-state index contributed by atoms with van der Waals surface area (Å²) in [5.74, 6) is -92.0. The number of rotatable bonds is 12. The first-order valence-corrected chi connectivity index (χ1v) is 9.10. The van der Waals surface area contributed by atoms with Gasteiger partial charge in [0.1, 0.15) is 5.57 Å². The molecule has 0 radical (unpaired) electrons. The summed E-state index contributed by atoms with van der Waals surface area (Å²) in [6, 6.07) is 0. The van der Waals surface area contributed by atoms with Crippen molar-refractivity contribution in [2.75, 3.05) is 6.61 Å². The van der Waals surface area contributed by atoms with Gasteiger partial charge >= 0.3 is 71.4 Å². The monoisotopic (exact) mass is 668 g/mol. The van der Waals surface area contributed by atoms with Crippen molar-refractivity contribution in [3.63, 3.8) is 0 Å². The molecule has 0 aliphatic carbocycles. The number of ether oxygens (including phenoxy) is 1. The normalized spacial score (nSPS) is 16.1. The minimum atomic E-state index is -9.48. The summed E-state index contributed by atoms with van der Waals surface area (Å²) in [5.41, 5.74) is -3.33. The predicted molar refractivity (Wildman–Crippen MR) is 81.3 cm³/mol. The lowest BCUT2D eigenvalue weighted by atomic mass is 9.84. The van der Waals surface area contributed by atoms with E-state index in [1.807, 2.05) is 0 Å². The average molecular weight is 668 g/mol. The maximum Gasteiger partial charge on any atom is 0.460 e. The van der Waals surface area contributed by atoms with E-state index in [0.29, 0.717) is 6.92 Å². The van der Waals surface area contributed by atoms with Crippen molar-refractivity contribution in [1.82, 2.24) is 0 Å². The second kappa shape index (κ2) is 9.82. The Morgan fingerprint density at radius 1 is 0.463 bits per heavy atom. The number of hydrogen-bond donors (Lipinski definition) is 0. The molecule has 0 N–H and O–H groups in total. The Kier molecular flexibility index (Phi) is 9.25. The van der Waals surface area contributed by atoms with Crippen LogP contribution in [0.15, 0.2) is 12.2 Å². The summed E-state index contributed by atoms with van der Waals surface area (Å²) < 4.78 is 309. The predicted octanol–water partition coefficient (Wildman–Crippen LogP) is 8.02. The Balaban J connectivity index is 7.26. The highest BCUT2D eigenvalue weighted by molar-refractivity contribution is 5.89. The van der Waals surface area contributed by atoms with Gasteiger partial charge in [0.05, 0.1) is 6.61 Å². The highest BCUT2D eigenvalue weighted by Gasteiger charge is 2.98. The van der Waals surface area contributed by atoms with Crippen LogP contribution in [-0.2, 0) is 9.53 Å². The van der Waals surface area contributed by atoms with Crippen molar-refractivity contribution in [2.45, 2.75) is 72.3 Å². The molecule has 2 nitrogen and oxygen atoms in total. The minimum absolute atomic E-state index is 0.677. The van der Waals surface area contributed by atoms with Crippen LogP contribution in [0.5, 0.6) is 0 Å². The molecule has 0 aromatic carbocycles. The molecule has 0 amide bonds. The molecule has 0 aliphatic rings. The highest BCUT2D eigenvalue weighted by atomic mass is 19.4. The number of halogens is 23. The molecule has 0 aliphatic heterocycles. The molecule has 0 aromatic heterocycles. The lowest BCUT2D eigenvalue weighted by Crippen LogP contribution is -2.77. The fraction of sp³-hybridized carbons (Fsp3) is 0.812. The van der Waals surface area contributed by atoms with Crippen molar-refractivity contribution >= 4 is 5.97 Å². The van der Waals surface area contributed by atoms with Crippen molar-refractivity contribution in [2.24, 2.45) is 0 Å². The summed E-state index contributed by atoms with van der Waals surface area (Å²) in [7, 11) is 0. The molecule has 244 valence electrons. The van der Waals surface area contributed by atoms with Gasteiger partial charge in [-0.05, 0) is 6.92 Å². The van der Waals surface area contributed by atoms with Crippen molar-refractivity contribution in [3.05, 3.63) is 12.2 Å². The molecule has 0 atom stereocenters. The Bertz CT molecular complexity index is 1000. The van der Waals surface area contributed by atoms with Gasteiger partial charge in [-0.1, -0.05) is 6.58 Å². The molecule has 0 saturated heterocycles. The van der Waals surface area contributed by atoms with E-state index in [0.717, 1.165) is 0 Å². The molecular formula is C16H7F23O2. The summed E-state index contributed by atoms with van der Waals surface area (Å²) in [5, 5.41) is 0. The lowest BCUT2D eigenvalue weighted by molar-refractivity contribution is -0.477. The van der Waals surface area contributed by atoms with E-state index in [-0.39, 0.29) is 0 Å². The maximum atomic E-state index is 13.7. The smallest absolute Gasteiger partial charge is 0.460 e. The van der Waals surface area contributed by atoms with Gasteiger partial charge in [-0.2, -0.15) is 101 Å². The second-order valence-electron chi connectivity index (χ2n) is 7.44. The number of carbonyl (C=O) groups excluding carboxylic acids is 1. The van der Waals surface area contributed by atoms with Crippen molar-refractivity contribution < 1.29 is 111 Å². The van der Waals surface area contributed by atoms with Crippen LogP contribution in [0.2, 0.25) is 0 Å². The molecule has 0 rings (SSSR count). The zero-order valence-corrected chi connectivity index (χ0v) is 18.4. The van der Waals surface area contributed by atoms with Crippen LogP contribution in [0.4, 0.5) is 101 Å². The number of carbonyl (C=O) groups is 1. The molecule has 0 saturated carbocycles. The van der Waals surface area contributed by atoms with Gasteiger partial charge in [0, 0.05) is 0 Å². The zero-order chi connectivity index (χ0) is 34.1. The van der Waals surface area contributed by atoms with Crippen molar-refractivity contribution in [1.29, 1.82) is 0 Å². The second-order valence-corrected chi connectivity index (χ2v) is 7.44. The molecule has 0 bridgehead atoms. The first kappa shape index (κ1) is 38.6. The lowest BCUT2D eigenvalue weighted by Gasteiger charge is -2.45. The van der Waals surface area contributed by atoms with Crippen LogP contribution in [-0.4, -0.2) is 78.0 Å². The van der Waals surface area contributed by atoms with Gasteiger partial charge in [0.15, 0.2) is 0 Å². The van der Waals surface area contributed by atoms with Crippen LogP contribution in [0.3, 0.4) is 0 Å². The van der Waals surface area contributed by atoms with E-state index < -0.39 is 83.6 Å². The topological polar surface area (TPSA) is 26.3 Å². The molecule has 0 unspecified atom stereocenters. The van der Waals surface area contributed by atoms with E-state index >= 15 is 0 Å². The van der Waals surface area contributed by atoms with Gasteiger partial charge in [-0.3, -0.25) is 0 Å². The van der Waals surface area contributed by atoms with E-state index in [1.165, 1.54) is 0 Å².